The van der Waals surface area contributed by atoms with E-state index in [0.717, 1.165) is 11.1 Å². The average Bonchev–Trinajstić information content (AvgIpc) is 2.76. The van der Waals surface area contributed by atoms with Crippen molar-refractivity contribution in [3.63, 3.8) is 0 Å². The fourth-order valence-electron chi connectivity index (χ4n) is 2.50. The molecule has 0 aromatic heterocycles. The lowest BCUT2D eigenvalue weighted by Crippen LogP contribution is -2.45. The summed E-state index contributed by atoms with van der Waals surface area (Å²) in [5.41, 5.74) is 7.83. The largest absolute Gasteiger partial charge is 0.469 e. The number of benzene rings is 1. The Labute approximate surface area is 122 Å². The van der Waals surface area contributed by atoms with E-state index in [-0.39, 0.29) is 18.7 Å². The van der Waals surface area contributed by atoms with Crippen molar-refractivity contribution in [2.45, 2.75) is 32.4 Å². The fraction of sp³-hybridized carbons (Fsp3) is 0.400. The van der Waals surface area contributed by atoms with E-state index in [2.05, 4.69) is 4.74 Å². The van der Waals surface area contributed by atoms with E-state index in [9.17, 15) is 14.4 Å². The van der Waals surface area contributed by atoms with Crippen molar-refractivity contribution in [1.29, 1.82) is 0 Å². The number of carbonyl (C=O) groups is 3. The molecule has 1 aliphatic rings. The Bertz CT molecular complexity index is 597. The SMILES string of the molecule is COC(=O)CCC(C(N)=O)N1Cc2ccc(C)cc2C1=O. The monoisotopic (exact) mass is 290 g/mol. The Kier molecular flexibility index (Phi) is 4.26. The maximum absolute atomic E-state index is 12.4. The Morgan fingerprint density at radius 3 is 2.76 bits per heavy atom. The average molecular weight is 290 g/mol. The Morgan fingerprint density at radius 1 is 1.43 bits per heavy atom. The summed E-state index contributed by atoms with van der Waals surface area (Å²) in [6.45, 7) is 2.24. The zero-order valence-electron chi connectivity index (χ0n) is 12.1. The molecule has 2 amide bonds. The number of hydrogen-bond acceptors (Lipinski definition) is 4. The minimum Gasteiger partial charge on any atom is -0.469 e. The number of nitrogens with zero attached hydrogens (tertiary/aromatic N) is 1. The van der Waals surface area contributed by atoms with Crippen LogP contribution in [0, 0.1) is 6.92 Å². The summed E-state index contributed by atoms with van der Waals surface area (Å²) in [5, 5.41) is 0. The molecule has 112 valence electrons. The van der Waals surface area contributed by atoms with Crippen molar-refractivity contribution in [3.8, 4) is 0 Å². The highest BCUT2D eigenvalue weighted by Crippen LogP contribution is 2.26. The lowest BCUT2D eigenvalue weighted by atomic mass is 10.1. The third-order valence-corrected chi connectivity index (χ3v) is 3.65. The molecule has 1 aromatic rings. The highest BCUT2D eigenvalue weighted by Gasteiger charge is 2.35. The zero-order chi connectivity index (χ0) is 15.6. The first-order chi connectivity index (χ1) is 9.93. The van der Waals surface area contributed by atoms with Gasteiger partial charge in [-0.1, -0.05) is 17.7 Å². The number of methoxy groups -OCH3 is 1. The molecule has 2 N–H and O–H groups in total. The van der Waals surface area contributed by atoms with Gasteiger partial charge in [-0.2, -0.15) is 0 Å². The molecule has 1 heterocycles. The van der Waals surface area contributed by atoms with Crippen LogP contribution in [0.2, 0.25) is 0 Å². The van der Waals surface area contributed by atoms with Crippen molar-refractivity contribution < 1.29 is 19.1 Å². The maximum atomic E-state index is 12.4. The number of ether oxygens (including phenoxy) is 1. The minimum absolute atomic E-state index is 0.0449. The molecule has 0 saturated heterocycles. The van der Waals surface area contributed by atoms with Gasteiger partial charge in [-0.15, -0.1) is 0 Å². The second-order valence-corrected chi connectivity index (χ2v) is 5.13. The molecule has 1 aromatic carbocycles. The molecule has 6 heteroatoms. The van der Waals surface area contributed by atoms with Gasteiger partial charge in [0.1, 0.15) is 6.04 Å². The lowest BCUT2D eigenvalue weighted by molar-refractivity contribution is -0.141. The molecule has 0 radical (unpaired) electrons. The van der Waals surface area contributed by atoms with Crippen molar-refractivity contribution >= 4 is 17.8 Å². The Morgan fingerprint density at radius 2 is 2.14 bits per heavy atom. The van der Waals surface area contributed by atoms with E-state index in [1.807, 2.05) is 19.1 Å². The molecule has 2 rings (SSSR count). The number of nitrogens with two attached hydrogens (primary N) is 1. The Hall–Kier alpha value is -2.37. The van der Waals surface area contributed by atoms with Crippen molar-refractivity contribution in [2.24, 2.45) is 5.73 Å². The minimum atomic E-state index is -0.802. The second kappa shape index (κ2) is 5.95. The molecule has 1 aliphatic heterocycles. The van der Waals surface area contributed by atoms with E-state index in [1.165, 1.54) is 12.0 Å². The smallest absolute Gasteiger partial charge is 0.305 e. The topological polar surface area (TPSA) is 89.7 Å². The molecule has 0 saturated carbocycles. The summed E-state index contributed by atoms with van der Waals surface area (Å²) in [4.78, 5) is 36.7. The summed E-state index contributed by atoms with van der Waals surface area (Å²) in [6, 6.07) is 4.80. The van der Waals surface area contributed by atoms with Gasteiger partial charge in [-0.3, -0.25) is 14.4 Å². The van der Waals surface area contributed by atoms with Gasteiger partial charge in [0.05, 0.1) is 7.11 Å². The van der Waals surface area contributed by atoms with Gasteiger partial charge in [0, 0.05) is 18.5 Å². The molecular weight excluding hydrogens is 272 g/mol. The number of fused-ring (bicyclic) bond motifs is 1. The van der Waals surface area contributed by atoms with E-state index >= 15 is 0 Å². The molecule has 1 unspecified atom stereocenters. The van der Waals surface area contributed by atoms with Crippen LogP contribution in [0.3, 0.4) is 0 Å². The van der Waals surface area contributed by atoms with E-state index in [1.54, 1.807) is 6.07 Å². The molecule has 21 heavy (non-hydrogen) atoms. The number of aryl methyl sites for hydroxylation is 1. The van der Waals surface area contributed by atoms with Crippen LogP contribution < -0.4 is 5.73 Å². The second-order valence-electron chi connectivity index (χ2n) is 5.13. The van der Waals surface area contributed by atoms with Crippen LogP contribution in [0.4, 0.5) is 0 Å². The number of rotatable bonds is 5. The summed E-state index contributed by atoms with van der Waals surface area (Å²) in [7, 11) is 1.28. The number of esters is 1. The summed E-state index contributed by atoms with van der Waals surface area (Å²) < 4.78 is 4.55. The highest BCUT2D eigenvalue weighted by molar-refractivity contribution is 6.01. The quantitative estimate of drug-likeness (QED) is 0.811. The number of primary amides is 1. The van der Waals surface area contributed by atoms with Crippen LogP contribution in [-0.4, -0.2) is 35.8 Å². The van der Waals surface area contributed by atoms with Gasteiger partial charge in [0.25, 0.3) is 5.91 Å². The fourth-order valence-corrected chi connectivity index (χ4v) is 2.50. The van der Waals surface area contributed by atoms with E-state index in [4.69, 9.17) is 5.73 Å². The van der Waals surface area contributed by atoms with Gasteiger partial charge in [-0.25, -0.2) is 0 Å². The van der Waals surface area contributed by atoms with Gasteiger partial charge < -0.3 is 15.4 Å². The zero-order valence-corrected chi connectivity index (χ0v) is 12.1. The van der Waals surface area contributed by atoms with Crippen LogP contribution in [0.15, 0.2) is 18.2 Å². The molecule has 0 spiro atoms. The molecule has 1 atom stereocenters. The highest BCUT2D eigenvalue weighted by atomic mass is 16.5. The Balaban J connectivity index is 2.18. The molecule has 0 bridgehead atoms. The summed E-state index contributed by atoms with van der Waals surface area (Å²) >= 11 is 0. The van der Waals surface area contributed by atoms with Gasteiger partial charge in [-0.05, 0) is 25.0 Å². The van der Waals surface area contributed by atoms with Crippen molar-refractivity contribution in [2.75, 3.05) is 7.11 Å². The standard InChI is InChI=1S/C15H18N2O4/c1-9-3-4-10-8-17(15(20)11(10)7-9)12(14(16)19)5-6-13(18)21-2/h3-4,7,12H,5-6,8H2,1-2H3,(H2,16,19). The predicted octanol–water partition coefficient (Wildman–Crippen LogP) is 0.758. The maximum Gasteiger partial charge on any atom is 0.305 e. The molecular formula is C15H18N2O4. The normalized spacial score (nSPS) is 14.8. The van der Waals surface area contributed by atoms with Crippen LogP contribution in [0.25, 0.3) is 0 Å². The predicted molar refractivity (Wildman–Crippen MR) is 75.3 cm³/mol. The van der Waals surface area contributed by atoms with Crippen molar-refractivity contribution in [3.05, 3.63) is 34.9 Å². The van der Waals surface area contributed by atoms with Gasteiger partial charge in [0.15, 0.2) is 0 Å². The number of carbonyl (C=O) groups excluding carboxylic acids is 3. The van der Waals surface area contributed by atoms with Crippen LogP contribution in [0.5, 0.6) is 0 Å². The van der Waals surface area contributed by atoms with E-state index < -0.39 is 17.9 Å². The summed E-state index contributed by atoms with van der Waals surface area (Å²) in [5.74, 6) is -1.26. The van der Waals surface area contributed by atoms with Crippen molar-refractivity contribution in [1.82, 2.24) is 4.90 Å². The van der Waals surface area contributed by atoms with Crippen LogP contribution in [0.1, 0.15) is 34.3 Å². The first-order valence-electron chi connectivity index (χ1n) is 6.70. The van der Waals surface area contributed by atoms with Gasteiger partial charge in [0.2, 0.25) is 5.91 Å². The first kappa shape index (κ1) is 15.0. The third-order valence-electron chi connectivity index (χ3n) is 3.65. The molecule has 0 fully saturated rings. The van der Waals surface area contributed by atoms with Crippen LogP contribution >= 0.6 is 0 Å². The van der Waals surface area contributed by atoms with E-state index in [0.29, 0.717) is 12.1 Å². The first-order valence-corrected chi connectivity index (χ1v) is 6.70. The van der Waals surface area contributed by atoms with Gasteiger partial charge >= 0.3 is 5.97 Å². The third kappa shape index (κ3) is 3.04. The lowest BCUT2D eigenvalue weighted by Gasteiger charge is -2.24. The number of amides is 2. The number of hydrogen-bond donors (Lipinski definition) is 1. The summed E-state index contributed by atoms with van der Waals surface area (Å²) in [6.07, 6.45) is 0.212. The molecule has 0 aliphatic carbocycles. The van der Waals surface area contributed by atoms with Crippen LogP contribution in [-0.2, 0) is 20.9 Å². The molecule has 6 nitrogen and oxygen atoms in total.